The van der Waals surface area contributed by atoms with Gasteiger partial charge in [-0.05, 0) is 63.4 Å². The van der Waals surface area contributed by atoms with Crippen LogP contribution >= 0.6 is 11.8 Å². The van der Waals surface area contributed by atoms with Crippen LogP contribution in [-0.4, -0.2) is 29.2 Å². The highest BCUT2D eigenvalue weighted by Gasteiger charge is 2.12. The van der Waals surface area contributed by atoms with Gasteiger partial charge in [-0.1, -0.05) is 0 Å². The maximum absolute atomic E-state index is 12.5. The van der Waals surface area contributed by atoms with Gasteiger partial charge in [0.05, 0.1) is 11.9 Å². The van der Waals surface area contributed by atoms with Gasteiger partial charge in [0.1, 0.15) is 23.1 Å². The minimum atomic E-state index is -0.563. The second-order valence-corrected chi connectivity index (χ2v) is 7.14. The van der Waals surface area contributed by atoms with Gasteiger partial charge in [0.15, 0.2) is 0 Å². The number of rotatable bonds is 7. The van der Waals surface area contributed by atoms with Crippen molar-refractivity contribution in [3.63, 3.8) is 0 Å². The smallest absolute Gasteiger partial charge is 0.279 e. The highest BCUT2D eigenvalue weighted by Crippen LogP contribution is 2.29. The highest BCUT2D eigenvalue weighted by molar-refractivity contribution is 7.98. The number of allylic oxidation sites excluding steroid dienone is 1. The quantitative estimate of drug-likeness (QED) is 0.296. The Labute approximate surface area is 169 Å². The topological polar surface area (TPSA) is 94.1 Å². The van der Waals surface area contributed by atoms with Gasteiger partial charge in [0, 0.05) is 22.6 Å². The lowest BCUT2D eigenvalue weighted by atomic mass is 10.2. The lowest BCUT2D eigenvalue weighted by Crippen LogP contribution is -2.12. The zero-order chi connectivity index (χ0) is 20.7. The molecule has 0 atom stereocenters. The monoisotopic (exact) mass is 400 g/mol. The first kappa shape index (κ1) is 21.4. The van der Waals surface area contributed by atoms with Gasteiger partial charge in [0.25, 0.3) is 5.91 Å². The average molecular weight is 401 g/mol. The Balaban J connectivity index is 2.35. The van der Waals surface area contributed by atoms with E-state index < -0.39 is 5.91 Å². The Hall–Kier alpha value is -2.93. The zero-order valence-corrected chi connectivity index (χ0v) is 17.1. The summed E-state index contributed by atoms with van der Waals surface area (Å²) in [5.74, 6) is 0.880. The van der Waals surface area contributed by atoms with Gasteiger partial charge < -0.3 is 20.3 Å². The number of aliphatic hydroxyl groups excluding tert-OH is 1. The van der Waals surface area contributed by atoms with Crippen LogP contribution < -0.4 is 15.2 Å². The molecule has 0 fully saturated rings. The maximum Gasteiger partial charge on any atom is 0.279 e. The molecule has 0 saturated carbocycles. The van der Waals surface area contributed by atoms with E-state index in [2.05, 4.69) is 4.99 Å². The number of hydrogen-bond donors (Lipinski definition) is 2. The molecule has 0 unspecified atom stereocenters. The highest BCUT2D eigenvalue weighted by atomic mass is 32.2. The predicted octanol–water partition coefficient (Wildman–Crippen LogP) is 4.95. The average Bonchev–Trinajstić information content (AvgIpc) is 2.60. The van der Waals surface area contributed by atoms with Gasteiger partial charge in [-0.2, -0.15) is 4.99 Å². The molecule has 28 heavy (non-hydrogen) atoms. The van der Waals surface area contributed by atoms with Crippen LogP contribution in [-0.2, 0) is 0 Å². The van der Waals surface area contributed by atoms with Crippen LogP contribution in [0, 0.1) is 0 Å². The van der Waals surface area contributed by atoms with Crippen LogP contribution in [0.3, 0.4) is 0 Å². The molecule has 2 aromatic rings. The molecule has 0 heterocycles. The molecule has 6 nitrogen and oxygen atoms in total. The molecular weight excluding hydrogens is 376 g/mol. The number of ether oxygens (including phenoxy) is 2. The summed E-state index contributed by atoms with van der Waals surface area (Å²) in [6, 6.07) is 12.5. The Morgan fingerprint density at radius 3 is 2.36 bits per heavy atom. The fourth-order valence-electron chi connectivity index (χ4n) is 2.30. The van der Waals surface area contributed by atoms with E-state index in [-0.39, 0.29) is 23.3 Å². The predicted molar refractivity (Wildman–Crippen MR) is 113 cm³/mol. The van der Waals surface area contributed by atoms with E-state index >= 15 is 0 Å². The van der Waals surface area contributed by atoms with Gasteiger partial charge in [-0.25, -0.2) is 0 Å². The molecule has 0 aliphatic carbocycles. The Morgan fingerprint density at radius 2 is 1.79 bits per heavy atom. The number of aliphatic hydroxyl groups is 1. The van der Waals surface area contributed by atoms with Crippen LogP contribution in [0.4, 0.5) is 0 Å². The molecule has 2 rings (SSSR count). The molecule has 0 bridgehead atoms. The number of benzene rings is 2. The standard InChI is InChI=1S/C21H24N2O4S/c1-13(2)26-17-10-15(21(25)23-20(22)9-14(3)24)11-18(12-17)27-16-5-7-19(28-4)8-6-16/h5-13,24H,1-4H3,(H2,22,23,25)/b14-9-. The lowest BCUT2D eigenvalue weighted by Gasteiger charge is -2.13. The summed E-state index contributed by atoms with van der Waals surface area (Å²) in [7, 11) is 0. The third-order valence-corrected chi connectivity index (χ3v) is 4.12. The first-order valence-corrected chi connectivity index (χ1v) is 9.88. The van der Waals surface area contributed by atoms with Crippen molar-refractivity contribution < 1.29 is 19.4 Å². The Morgan fingerprint density at radius 1 is 1.14 bits per heavy atom. The van der Waals surface area contributed by atoms with Crippen molar-refractivity contribution in [1.29, 1.82) is 0 Å². The van der Waals surface area contributed by atoms with Crippen LogP contribution in [0.1, 0.15) is 31.1 Å². The molecule has 3 N–H and O–H groups in total. The van der Waals surface area contributed by atoms with Gasteiger partial charge in [0.2, 0.25) is 0 Å². The molecule has 7 heteroatoms. The second kappa shape index (κ2) is 9.85. The first-order chi connectivity index (χ1) is 13.3. The van der Waals surface area contributed by atoms with Crippen molar-refractivity contribution in [2.24, 2.45) is 10.7 Å². The lowest BCUT2D eigenvalue weighted by molar-refractivity contribution is 0.100. The Bertz CT molecular complexity index is 886. The molecular formula is C21H24N2O4S. The SMILES string of the molecule is CSc1ccc(Oc2cc(OC(C)C)cc(C(=O)N=C(N)/C=C(/C)O)c2)cc1. The fourth-order valence-corrected chi connectivity index (χ4v) is 2.71. The van der Waals surface area contributed by atoms with Crippen LogP contribution in [0.2, 0.25) is 0 Å². The van der Waals surface area contributed by atoms with E-state index in [4.69, 9.17) is 15.2 Å². The van der Waals surface area contributed by atoms with Gasteiger partial charge in [-0.3, -0.25) is 4.79 Å². The van der Waals surface area contributed by atoms with E-state index in [1.165, 1.54) is 13.0 Å². The third-order valence-electron chi connectivity index (χ3n) is 3.38. The molecule has 0 spiro atoms. The van der Waals surface area contributed by atoms with Crippen molar-refractivity contribution in [3.8, 4) is 17.2 Å². The normalized spacial score (nSPS) is 12.2. The largest absolute Gasteiger partial charge is 0.512 e. The second-order valence-electron chi connectivity index (χ2n) is 6.26. The number of carbonyl (C=O) groups is 1. The fraction of sp³-hybridized carbons (Fsp3) is 0.238. The number of carbonyl (C=O) groups excluding carboxylic acids is 1. The van der Waals surface area contributed by atoms with Crippen molar-refractivity contribution in [3.05, 3.63) is 59.9 Å². The van der Waals surface area contributed by atoms with Crippen molar-refractivity contribution >= 4 is 23.5 Å². The van der Waals surface area contributed by atoms with E-state index in [1.807, 2.05) is 44.4 Å². The third kappa shape index (κ3) is 6.66. The van der Waals surface area contributed by atoms with Crippen LogP contribution in [0.5, 0.6) is 17.2 Å². The van der Waals surface area contributed by atoms with Crippen LogP contribution in [0.15, 0.2) is 64.2 Å². The number of aliphatic imine (C=N–C) groups is 1. The molecule has 0 saturated heterocycles. The van der Waals surface area contributed by atoms with Gasteiger partial charge in [-0.15, -0.1) is 11.8 Å². The number of hydrogen-bond acceptors (Lipinski definition) is 5. The maximum atomic E-state index is 12.5. The molecule has 0 aliphatic rings. The molecule has 0 radical (unpaired) electrons. The first-order valence-electron chi connectivity index (χ1n) is 8.66. The number of nitrogens with two attached hydrogens (primary N) is 1. The van der Waals surface area contributed by atoms with Crippen molar-refractivity contribution in [2.45, 2.75) is 31.8 Å². The number of thioether (sulfide) groups is 1. The summed E-state index contributed by atoms with van der Waals surface area (Å²) in [4.78, 5) is 17.4. The summed E-state index contributed by atoms with van der Waals surface area (Å²) >= 11 is 1.64. The molecule has 0 aliphatic heterocycles. The van der Waals surface area contributed by atoms with E-state index in [9.17, 15) is 9.90 Å². The summed E-state index contributed by atoms with van der Waals surface area (Å²) in [6.07, 6.45) is 3.13. The molecule has 1 amide bonds. The minimum Gasteiger partial charge on any atom is -0.512 e. The van der Waals surface area contributed by atoms with E-state index in [1.54, 1.807) is 30.0 Å². The zero-order valence-electron chi connectivity index (χ0n) is 16.3. The minimum absolute atomic E-state index is 0.0383. The van der Waals surface area contributed by atoms with Crippen molar-refractivity contribution in [1.82, 2.24) is 0 Å². The van der Waals surface area contributed by atoms with Crippen molar-refractivity contribution in [2.75, 3.05) is 6.26 Å². The van der Waals surface area contributed by atoms with Gasteiger partial charge >= 0.3 is 0 Å². The summed E-state index contributed by atoms with van der Waals surface area (Å²) < 4.78 is 11.6. The van der Waals surface area contributed by atoms with Crippen LogP contribution in [0.25, 0.3) is 0 Å². The molecule has 0 aromatic heterocycles. The number of nitrogens with zero attached hydrogens (tertiary/aromatic N) is 1. The number of amides is 1. The number of amidine groups is 1. The summed E-state index contributed by atoms with van der Waals surface area (Å²) in [6.45, 7) is 5.22. The summed E-state index contributed by atoms with van der Waals surface area (Å²) in [5.41, 5.74) is 5.91. The Kier molecular flexibility index (Phi) is 7.52. The van der Waals surface area contributed by atoms with E-state index in [0.29, 0.717) is 17.2 Å². The van der Waals surface area contributed by atoms with E-state index in [0.717, 1.165) is 4.90 Å². The summed E-state index contributed by atoms with van der Waals surface area (Å²) in [5, 5.41) is 9.24. The molecule has 148 valence electrons. The molecule has 2 aromatic carbocycles.